The van der Waals surface area contributed by atoms with Gasteiger partial charge in [0.25, 0.3) is 10.9 Å². The molecule has 5 rings (SSSR count). The van der Waals surface area contributed by atoms with Crippen LogP contribution in [0.2, 0.25) is 5.02 Å². The van der Waals surface area contributed by atoms with E-state index in [1.165, 1.54) is 6.92 Å². The molecule has 3 N–H and O–H groups in total. The highest BCUT2D eigenvalue weighted by molar-refractivity contribution is 6.31. The molecule has 2 heterocycles. The number of halogens is 1. The molecule has 1 aromatic heterocycles. The van der Waals surface area contributed by atoms with Crippen LogP contribution >= 0.6 is 11.6 Å². The van der Waals surface area contributed by atoms with Gasteiger partial charge >= 0.3 is 5.97 Å². The lowest BCUT2D eigenvalue weighted by Gasteiger charge is -2.34. The number of benzene rings is 2. The number of nitrogens with zero attached hydrogens (tertiary/aromatic N) is 2. The van der Waals surface area contributed by atoms with E-state index in [0.717, 1.165) is 40.6 Å². The number of rotatable bonds is 8. The smallest absolute Gasteiger partial charge is 0.329 e. The van der Waals surface area contributed by atoms with Crippen LogP contribution in [-0.2, 0) is 11.2 Å². The van der Waals surface area contributed by atoms with E-state index in [-0.39, 0.29) is 24.2 Å². The van der Waals surface area contributed by atoms with Crippen molar-refractivity contribution in [2.45, 2.75) is 64.6 Å². The minimum atomic E-state index is -1.50. The lowest BCUT2D eigenvalue weighted by molar-refractivity contribution is -0.141. The Hall–Kier alpha value is -3.91. The van der Waals surface area contributed by atoms with Crippen molar-refractivity contribution in [1.29, 1.82) is 0 Å². The van der Waals surface area contributed by atoms with E-state index >= 15 is 0 Å². The molecular weight excluding hydrogens is 516 g/mol. The number of aromatic nitrogens is 1. The first kappa shape index (κ1) is 26.7. The van der Waals surface area contributed by atoms with Gasteiger partial charge in [-0.1, -0.05) is 29.8 Å². The van der Waals surface area contributed by atoms with Gasteiger partial charge in [-0.15, -0.1) is 0 Å². The molecule has 1 fully saturated rings. The van der Waals surface area contributed by atoms with Crippen LogP contribution in [0, 0.1) is 6.92 Å². The van der Waals surface area contributed by atoms with E-state index in [9.17, 15) is 19.5 Å². The van der Waals surface area contributed by atoms with Gasteiger partial charge < -0.3 is 20.6 Å². The van der Waals surface area contributed by atoms with Crippen molar-refractivity contribution < 1.29 is 9.90 Å². The molecule has 202 valence electrons. The SMILES string of the molecule is Cc1cc2ccc(Cl)cc2c(Nc2ccc(C[C@](C)(Nc3c(N4[C@H](C)CC[C@@H]4C)c(=O)c3=O)C(=O)O)cc2)n1. The predicted octanol–water partition coefficient (Wildman–Crippen LogP) is 5.41. The Labute approximate surface area is 231 Å². The van der Waals surface area contributed by atoms with Gasteiger partial charge in [-0.05, 0) is 81.8 Å². The van der Waals surface area contributed by atoms with Crippen LogP contribution in [0.5, 0.6) is 0 Å². The Morgan fingerprint density at radius 1 is 1.08 bits per heavy atom. The molecule has 0 aliphatic carbocycles. The van der Waals surface area contributed by atoms with Gasteiger partial charge in [0.05, 0.1) is 0 Å². The minimum Gasteiger partial charge on any atom is -0.480 e. The van der Waals surface area contributed by atoms with E-state index in [2.05, 4.69) is 15.6 Å². The third-order valence-electron chi connectivity index (χ3n) is 7.67. The molecule has 0 amide bonds. The largest absolute Gasteiger partial charge is 0.480 e. The monoisotopic (exact) mass is 546 g/mol. The number of pyridine rings is 1. The fourth-order valence-electron chi connectivity index (χ4n) is 5.53. The van der Waals surface area contributed by atoms with Gasteiger partial charge in [0.2, 0.25) is 0 Å². The van der Waals surface area contributed by atoms with Crippen LogP contribution < -0.4 is 26.4 Å². The molecule has 1 aliphatic heterocycles. The topological polar surface area (TPSA) is 112 Å². The Morgan fingerprint density at radius 3 is 2.38 bits per heavy atom. The number of carboxylic acids is 1. The van der Waals surface area contributed by atoms with E-state index in [1.54, 1.807) is 0 Å². The van der Waals surface area contributed by atoms with E-state index < -0.39 is 22.4 Å². The Morgan fingerprint density at radius 2 is 1.74 bits per heavy atom. The molecule has 1 saturated heterocycles. The second-order valence-electron chi connectivity index (χ2n) is 10.8. The van der Waals surface area contributed by atoms with Crippen molar-refractivity contribution in [2.24, 2.45) is 0 Å². The van der Waals surface area contributed by atoms with Crippen LogP contribution in [-0.4, -0.2) is 33.7 Å². The van der Waals surface area contributed by atoms with Crippen molar-refractivity contribution in [1.82, 2.24) is 4.98 Å². The number of fused-ring (bicyclic) bond motifs is 1. The summed E-state index contributed by atoms with van der Waals surface area (Å²) in [6.45, 7) is 7.49. The standard InChI is InChI=1S/C30H31ClN4O4/c1-16-13-20-9-10-21(31)14-23(20)28(32-16)33-22-11-7-19(8-12-22)15-30(4,29(38)39)34-24-25(27(37)26(24)36)35-17(2)5-6-18(35)3/h7-14,17-18,34H,5-6,15H2,1-4H3,(H,32,33)(H,38,39)/t17-,18+,30-/m0/s1. The first-order valence-corrected chi connectivity index (χ1v) is 13.4. The molecule has 0 unspecified atom stereocenters. The highest BCUT2D eigenvalue weighted by Gasteiger charge is 2.40. The second kappa shape index (κ2) is 10.0. The molecule has 0 bridgehead atoms. The summed E-state index contributed by atoms with van der Waals surface area (Å²) in [5, 5.41) is 18.9. The summed E-state index contributed by atoms with van der Waals surface area (Å²) in [7, 11) is 0. The summed E-state index contributed by atoms with van der Waals surface area (Å²) in [6, 6.07) is 15.2. The maximum absolute atomic E-state index is 12.5. The number of nitrogens with one attached hydrogen (secondary N) is 2. The third kappa shape index (κ3) is 4.96. The molecule has 9 heteroatoms. The molecule has 3 atom stereocenters. The maximum Gasteiger partial charge on any atom is 0.329 e. The average molecular weight is 547 g/mol. The summed E-state index contributed by atoms with van der Waals surface area (Å²) in [5.41, 5.74) is 0.0885. The summed E-state index contributed by atoms with van der Waals surface area (Å²) >= 11 is 6.21. The minimum absolute atomic E-state index is 0.0971. The number of anilines is 4. The maximum atomic E-state index is 12.5. The molecule has 1 aliphatic rings. The highest BCUT2D eigenvalue weighted by atomic mass is 35.5. The van der Waals surface area contributed by atoms with Crippen molar-refractivity contribution >= 4 is 51.2 Å². The fraction of sp³-hybridized carbons (Fsp3) is 0.333. The van der Waals surface area contributed by atoms with Gasteiger partial charge in [-0.25, -0.2) is 9.78 Å². The number of aryl methyl sites for hydroxylation is 1. The first-order chi connectivity index (χ1) is 18.5. The number of aliphatic carboxylic acids is 1. The highest BCUT2D eigenvalue weighted by Crippen LogP contribution is 2.34. The van der Waals surface area contributed by atoms with Crippen LogP contribution in [0.25, 0.3) is 10.8 Å². The van der Waals surface area contributed by atoms with Crippen molar-refractivity contribution in [3.63, 3.8) is 0 Å². The number of hydrogen-bond acceptors (Lipinski definition) is 7. The molecule has 0 spiro atoms. The molecule has 4 aromatic rings. The van der Waals surface area contributed by atoms with E-state index in [0.29, 0.717) is 16.5 Å². The Bertz CT molecular complexity index is 1630. The van der Waals surface area contributed by atoms with Gasteiger partial charge in [0, 0.05) is 40.3 Å². The lowest BCUT2D eigenvalue weighted by atomic mass is 9.91. The normalized spacial score (nSPS) is 18.8. The molecule has 0 radical (unpaired) electrons. The zero-order chi connectivity index (χ0) is 28.1. The second-order valence-corrected chi connectivity index (χ2v) is 11.2. The molecular formula is C30H31ClN4O4. The van der Waals surface area contributed by atoms with Crippen LogP contribution in [0.1, 0.15) is 44.9 Å². The molecule has 0 saturated carbocycles. The third-order valence-corrected chi connectivity index (χ3v) is 7.90. The summed E-state index contributed by atoms with van der Waals surface area (Å²) in [4.78, 5) is 44.0. The van der Waals surface area contributed by atoms with Gasteiger partial charge in [0.15, 0.2) is 0 Å². The van der Waals surface area contributed by atoms with Crippen molar-refractivity contribution in [3.05, 3.63) is 85.3 Å². The summed E-state index contributed by atoms with van der Waals surface area (Å²) in [5.74, 6) is -0.436. The van der Waals surface area contributed by atoms with E-state index in [1.807, 2.05) is 74.2 Å². The fourth-order valence-corrected chi connectivity index (χ4v) is 5.70. The lowest BCUT2D eigenvalue weighted by Crippen LogP contribution is -2.52. The van der Waals surface area contributed by atoms with Gasteiger partial charge in [0.1, 0.15) is 22.7 Å². The quantitative estimate of drug-likeness (QED) is 0.251. The van der Waals surface area contributed by atoms with Gasteiger partial charge in [-0.2, -0.15) is 0 Å². The van der Waals surface area contributed by atoms with Gasteiger partial charge in [-0.3, -0.25) is 9.59 Å². The van der Waals surface area contributed by atoms with Crippen molar-refractivity contribution in [3.8, 4) is 0 Å². The molecule has 39 heavy (non-hydrogen) atoms. The number of carboxylic acid groups (broad SMARTS) is 1. The Kier molecular flexibility index (Phi) is 6.84. The summed E-state index contributed by atoms with van der Waals surface area (Å²) in [6.07, 6.45) is 1.93. The Balaban J connectivity index is 1.38. The average Bonchev–Trinajstić information content (AvgIpc) is 3.22. The summed E-state index contributed by atoms with van der Waals surface area (Å²) < 4.78 is 0. The van der Waals surface area contributed by atoms with Crippen LogP contribution in [0.3, 0.4) is 0 Å². The van der Waals surface area contributed by atoms with Crippen LogP contribution in [0.15, 0.2) is 58.1 Å². The van der Waals surface area contributed by atoms with Crippen molar-refractivity contribution in [2.75, 3.05) is 15.5 Å². The number of hydrogen-bond donors (Lipinski definition) is 3. The van der Waals surface area contributed by atoms with Crippen LogP contribution in [0.4, 0.5) is 22.9 Å². The predicted molar refractivity (Wildman–Crippen MR) is 157 cm³/mol. The molecule has 3 aromatic carbocycles. The molecule has 8 nitrogen and oxygen atoms in total. The zero-order valence-electron chi connectivity index (χ0n) is 22.3. The number of carbonyl (C=O) groups is 1. The first-order valence-electron chi connectivity index (χ1n) is 13.0. The van der Waals surface area contributed by atoms with E-state index in [4.69, 9.17) is 11.6 Å². The zero-order valence-corrected chi connectivity index (χ0v) is 23.1.